The highest BCUT2D eigenvalue weighted by Crippen LogP contribution is 2.29. The van der Waals surface area contributed by atoms with Crippen LogP contribution in [0.25, 0.3) is 0 Å². The minimum Gasteiger partial charge on any atom is -0.444 e. The number of nitrogens with one attached hydrogen (secondary N) is 2. The molecule has 7 nitrogen and oxygen atoms in total. The van der Waals surface area contributed by atoms with E-state index < -0.39 is 23.8 Å². The Kier molecular flexibility index (Phi) is 10.1. The van der Waals surface area contributed by atoms with E-state index in [9.17, 15) is 14.4 Å². The van der Waals surface area contributed by atoms with Gasteiger partial charge in [-0.25, -0.2) is 4.79 Å². The van der Waals surface area contributed by atoms with Crippen LogP contribution in [0.5, 0.6) is 0 Å². The van der Waals surface area contributed by atoms with E-state index in [1.54, 1.807) is 25.7 Å². The molecule has 7 heteroatoms. The van der Waals surface area contributed by atoms with Gasteiger partial charge in [0.05, 0.1) is 0 Å². The van der Waals surface area contributed by atoms with Crippen molar-refractivity contribution in [2.45, 2.75) is 78.6 Å². The molecule has 0 aromatic heterocycles. The molecule has 0 spiro atoms. The van der Waals surface area contributed by atoms with Crippen LogP contribution < -0.4 is 10.6 Å². The maximum atomic E-state index is 14.4. The second-order valence-corrected chi connectivity index (χ2v) is 11.3. The van der Waals surface area contributed by atoms with Crippen molar-refractivity contribution in [2.24, 2.45) is 0 Å². The Hall–Kier alpha value is -4.13. The molecule has 0 radical (unpaired) electrons. The molecule has 2 atom stereocenters. The van der Waals surface area contributed by atoms with Gasteiger partial charge in [-0.3, -0.25) is 9.59 Å². The molecule has 0 fully saturated rings. The highest BCUT2D eigenvalue weighted by Gasteiger charge is 2.38. The third kappa shape index (κ3) is 8.18. The zero-order chi connectivity index (χ0) is 29.4. The molecule has 3 aromatic carbocycles. The van der Waals surface area contributed by atoms with Gasteiger partial charge in [-0.15, -0.1) is 0 Å². The van der Waals surface area contributed by atoms with Crippen molar-refractivity contribution in [1.29, 1.82) is 0 Å². The fraction of sp³-hybridized carbons (Fsp3) is 0.364. The number of amides is 3. The largest absolute Gasteiger partial charge is 0.444 e. The lowest BCUT2D eigenvalue weighted by Gasteiger charge is -2.37. The van der Waals surface area contributed by atoms with E-state index in [1.807, 2.05) is 107 Å². The molecule has 3 rings (SSSR count). The summed E-state index contributed by atoms with van der Waals surface area (Å²) in [5.41, 5.74) is 3.32. The molecule has 0 saturated heterocycles. The standard InChI is InChI=1S/C33H41N3O4/c1-22(2)36(31(38)28(21-25-17-9-8-10-18-25)35-32(39)40-33(5,6)7)29(26-19-13-11-15-23(26)3)30(37)34-27-20-14-12-16-24(27)4/h8-20,22,28-29H,21H2,1-7H3,(H,34,37)(H,35,39). The number of alkyl carbamates (subject to hydrolysis) is 1. The van der Waals surface area contributed by atoms with E-state index >= 15 is 0 Å². The van der Waals surface area contributed by atoms with Gasteiger partial charge >= 0.3 is 6.09 Å². The number of ether oxygens (including phenoxy) is 1. The van der Waals surface area contributed by atoms with Gasteiger partial charge in [-0.2, -0.15) is 0 Å². The summed E-state index contributed by atoms with van der Waals surface area (Å²) in [5.74, 6) is -0.709. The van der Waals surface area contributed by atoms with Crippen molar-refractivity contribution in [2.75, 3.05) is 5.32 Å². The molecular weight excluding hydrogens is 502 g/mol. The summed E-state index contributed by atoms with van der Waals surface area (Å²) in [5, 5.41) is 5.83. The molecule has 0 aliphatic heterocycles. The molecule has 2 N–H and O–H groups in total. The van der Waals surface area contributed by atoms with Crippen molar-refractivity contribution < 1.29 is 19.1 Å². The van der Waals surface area contributed by atoms with E-state index in [2.05, 4.69) is 10.6 Å². The van der Waals surface area contributed by atoms with Crippen LogP contribution >= 0.6 is 0 Å². The van der Waals surface area contributed by atoms with Crippen LogP contribution in [0.1, 0.15) is 62.9 Å². The van der Waals surface area contributed by atoms with Crippen LogP contribution in [0.3, 0.4) is 0 Å². The Morgan fingerprint density at radius 2 is 1.40 bits per heavy atom. The van der Waals surface area contributed by atoms with Crippen molar-refractivity contribution in [3.05, 3.63) is 101 Å². The summed E-state index contributed by atoms with van der Waals surface area (Å²) in [4.78, 5) is 42.9. The van der Waals surface area contributed by atoms with Gasteiger partial charge in [-0.05, 0) is 76.8 Å². The zero-order valence-corrected chi connectivity index (χ0v) is 24.5. The van der Waals surface area contributed by atoms with Crippen LogP contribution in [-0.4, -0.2) is 40.5 Å². The molecule has 40 heavy (non-hydrogen) atoms. The lowest BCUT2D eigenvalue weighted by molar-refractivity contribution is -0.142. The summed E-state index contributed by atoms with van der Waals surface area (Å²) in [6.07, 6.45) is -0.454. The number of aryl methyl sites for hydroxylation is 2. The third-order valence-corrected chi connectivity index (χ3v) is 6.50. The second-order valence-electron chi connectivity index (χ2n) is 11.3. The topological polar surface area (TPSA) is 87.7 Å². The maximum absolute atomic E-state index is 14.4. The van der Waals surface area contributed by atoms with E-state index in [4.69, 9.17) is 4.74 Å². The monoisotopic (exact) mass is 543 g/mol. The summed E-state index contributed by atoms with van der Waals surface area (Å²) in [6, 6.07) is 22.3. The fourth-order valence-electron chi connectivity index (χ4n) is 4.58. The first kappa shape index (κ1) is 30.4. The van der Waals surface area contributed by atoms with E-state index in [0.29, 0.717) is 11.3 Å². The van der Waals surface area contributed by atoms with Crippen LogP contribution in [0, 0.1) is 13.8 Å². The average Bonchev–Trinajstić information content (AvgIpc) is 2.87. The molecule has 0 aliphatic rings. The molecular formula is C33H41N3O4. The zero-order valence-electron chi connectivity index (χ0n) is 24.5. The Morgan fingerprint density at radius 3 is 1.98 bits per heavy atom. The Balaban J connectivity index is 2.06. The number of nitrogens with zero attached hydrogens (tertiary/aromatic N) is 1. The van der Waals surface area contributed by atoms with Gasteiger partial charge in [0.15, 0.2) is 0 Å². The number of hydrogen-bond donors (Lipinski definition) is 2. The minimum absolute atomic E-state index is 0.238. The number of rotatable bonds is 9. The first-order chi connectivity index (χ1) is 18.9. The molecule has 2 unspecified atom stereocenters. The Morgan fingerprint density at radius 1 is 0.825 bits per heavy atom. The van der Waals surface area contributed by atoms with E-state index in [-0.39, 0.29) is 24.3 Å². The number of benzene rings is 3. The Bertz CT molecular complexity index is 1310. The first-order valence-corrected chi connectivity index (χ1v) is 13.6. The minimum atomic E-state index is -0.961. The van der Waals surface area contributed by atoms with Gasteiger partial charge in [0.1, 0.15) is 17.7 Å². The summed E-state index contributed by atoms with van der Waals surface area (Å²) in [6.45, 7) is 12.9. The molecule has 0 bridgehead atoms. The van der Waals surface area contributed by atoms with Crippen molar-refractivity contribution in [3.63, 3.8) is 0 Å². The van der Waals surface area contributed by atoms with Crippen molar-refractivity contribution in [1.82, 2.24) is 10.2 Å². The van der Waals surface area contributed by atoms with Crippen LogP contribution in [-0.2, 0) is 20.7 Å². The highest BCUT2D eigenvalue weighted by atomic mass is 16.6. The smallest absolute Gasteiger partial charge is 0.408 e. The normalized spacial score (nSPS) is 12.8. The number of carbonyl (C=O) groups is 3. The molecule has 212 valence electrons. The predicted molar refractivity (Wildman–Crippen MR) is 159 cm³/mol. The maximum Gasteiger partial charge on any atom is 0.408 e. The molecule has 0 saturated carbocycles. The van der Waals surface area contributed by atoms with Gasteiger partial charge in [0.2, 0.25) is 5.91 Å². The third-order valence-electron chi connectivity index (χ3n) is 6.50. The van der Waals surface area contributed by atoms with Crippen molar-refractivity contribution >= 4 is 23.6 Å². The lowest BCUT2D eigenvalue weighted by Crippen LogP contribution is -2.55. The predicted octanol–water partition coefficient (Wildman–Crippen LogP) is 6.36. The van der Waals surface area contributed by atoms with Crippen LogP contribution in [0.2, 0.25) is 0 Å². The number of para-hydroxylation sites is 1. The lowest BCUT2D eigenvalue weighted by atomic mass is 9.95. The quantitative estimate of drug-likeness (QED) is 0.329. The van der Waals surface area contributed by atoms with Gasteiger partial charge in [0, 0.05) is 18.2 Å². The molecule has 3 aromatic rings. The molecule has 0 aliphatic carbocycles. The number of anilines is 1. The SMILES string of the molecule is Cc1ccccc1NC(=O)C(c1ccccc1C)N(C(=O)C(Cc1ccccc1)NC(=O)OC(C)(C)C)C(C)C. The van der Waals surface area contributed by atoms with Gasteiger partial charge < -0.3 is 20.3 Å². The van der Waals surface area contributed by atoms with E-state index in [1.165, 1.54) is 0 Å². The van der Waals surface area contributed by atoms with Crippen LogP contribution in [0.4, 0.5) is 10.5 Å². The van der Waals surface area contributed by atoms with E-state index in [0.717, 1.165) is 16.7 Å². The summed E-state index contributed by atoms with van der Waals surface area (Å²) in [7, 11) is 0. The second kappa shape index (κ2) is 13.3. The average molecular weight is 544 g/mol. The Labute approximate surface area is 237 Å². The number of hydrogen-bond acceptors (Lipinski definition) is 4. The van der Waals surface area contributed by atoms with Gasteiger partial charge in [-0.1, -0.05) is 72.8 Å². The van der Waals surface area contributed by atoms with Crippen molar-refractivity contribution in [3.8, 4) is 0 Å². The highest BCUT2D eigenvalue weighted by molar-refractivity contribution is 5.99. The molecule has 3 amide bonds. The number of carbonyl (C=O) groups excluding carboxylic acids is 3. The summed E-state index contributed by atoms with van der Waals surface area (Å²) < 4.78 is 5.50. The fourth-order valence-corrected chi connectivity index (χ4v) is 4.58. The van der Waals surface area contributed by atoms with Crippen LogP contribution in [0.15, 0.2) is 78.9 Å². The first-order valence-electron chi connectivity index (χ1n) is 13.6. The van der Waals surface area contributed by atoms with Gasteiger partial charge in [0.25, 0.3) is 5.91 Å². The molecule has 0 heterocycles. The summed E-state index contributed by atoms with van der Waals surface area (Å²) >= 11 is 0.